The first-order chi connectivity index (χ1) is 35.8. The number of rotatable bonds is 19. The van der Waals surface area contributed by atoms with Crippen molar-refractivity contribution in [2.24, 2.45) is 0 Å². The molecule has 18 heteroatoms. The molecule has 74 heavy (non-hydrogen) atoms. The number of nitrogens with one attached hydrogen (secondary N) is 4. The first-order valence-corrected chi connectivity index (χ1v) is 29.3. The van der Waals surface area contributed by atoms with Crippen molar-refractivity contribution in [2.75, 3.05) is 46.9 Å². The molecule has 2 aliphatic heterocycles. The van der Waals surface area contributed by atoms with Gasteiger partial charge in [-0.25, -0.2) is 16.8 Å². The van der Waals surface area contributed by atoms with E-state index in [-0.39, 0.29) is 30.9 Å². The summed E-state index contributed by atoms with van der Waals surface area (Å²) in [5, 5.41) is 15.4. The second-order valence-corrected chi connectivity index (χ2v) is 25.0. The lowest BCUT2D eigenvalue weighted by molar-refractivity contribution is 0.0943. The molecule has 2 fully saturated rings. The Hall–Kier alpha value is -5.96. The second kappa shape index (κ2) is 25.5. The zero-order valence-electron chi connectivity index (χ0n) is 41.9. The van der Waals surface area contributed by atoms with Crippen LogP contribution in [0.3, 0.4) is 0 Å². The molecule has 7 aromatic rings. The summed E-state index contributed by atoms with van der Waals surface area (Å²) in [7, 11) is -4.01. The monoisotopic (exact) mass is 1080 g/mol. The molecule has 2 aliphatic rings. The van der Waals surface area contributed by atoms with Crippen molar-refractivity contribution in [1.29, 1.82) is 0 Å². The van der Waals surface area contributed by atoms with Gasteiger partial charge >= 0.3 is 0 Å². The standard InChI is InChI=1S/C29H31N3O4S2.C27H33N3O4S2/c1-36-25-10-5-8-22(18-25)29(33)31-20-26-12-13-28(37-26)38(34,35)32-16-14-24(15-17-32)30-19-23-9-4-7-21-6-2-3-11-27(21)23;1-20(21-7-4-3-5-8-21)18-28-23-13-15-30(16-14-23)36(32,33)26-12-11-25(35-26)19-29-27(31)22-9-6-10-24(17-22)34-2/h2-13,18,24,30H,14-17,19-20H2,1H3,(H,31,33);3-12,17,20,23,28H,13-16,18-19H2,1-2H3,(H,29,31). The first-order valence-electron chi connectivity index (χ1n) is 24.8. The Morgan fingerprint density at radius 2 is 1.04 bits per heavy atom. The van der Waals surface area contributed by atoms with Crippen LogP contribution >= 0.6 is 22.7 Å². The minimum atomic E-state index is -3.57. The number of methoxy groups -OCH3 is 2. The van der Waals surface area contributed by atoms with Crippen molar-refractivity contribution in [3.8, 4) is 11.5 Å². The van der Waals surface area contributed by atoms with E-state index in [2.05, 4.69) is 88.9 Å². The number of amides is 2. The van der Waals surface area contributed by atoms with E-state index in [9.17, 15) is 26.4 Å². The molecule has 4 N–H and O–H groups in total. The highest BCUT2D eigenvalue weighted by atomic mass is 32.3. The molecule has 0 radical (unpaired) electrons. The Labute approximate surface area is 443 Å². The summed E-state index contributed by atoms with van der Waals surface area (Å²) in [6.07, 6.45) is 3.10. The lowest BCUT2D eigenvalue weighted by atomic mass is 10.00. The number of carbonyl (C=O) groups excluding carboxylic acids is 2. The van der Waals surface area contributed by atoms with Gasteiger partial charge in [-0.15, -0.1) is 22.7 Å². The van der Waals surface area contributed by atoms with Crippen LogP contribution in [0.4, 0.5) is 0 Å². The highest BCUT2D eigenvalue weighted by Crippen LogP contribution is 2.30. The zero-order valence-corrected chi connectivity index (χ0v) is 45.1. The normalized spacial score (nSPS) is 15.4. The number of hydrogen-bond donors (Lipinski definition) is 4. The molecule has 14 nitrogen and oxygen atoms in total. The summed E-state index contributed by atoms with van der Waals surface area (Å²) in [5.41, 5.74) is 3.54. The Morgan fingerprint density at radius 3 is 1.57 bits per heavy atom. The quantitative estimate of drug-likeness (QED) is 0.0612. The maximum atomic E-state index is 13.3. The van der Waals surface area contributed by atoms with Gasteiger partial charge in [0.1, 0.15) is 19.9 Å². The van der Waals surface area contributed by atoms with Crippen molar-refractivity contribution in [3.05, 3.63) is 178 Å². The summed E-state index contributed by atoms with van der Waals surface area (Å²) >= 11 is 2.41. The Balaban J connectivity index is 0.000000197. The van der Waals surface area contributed by atoms with Gasteiger partial charge in [-0.05, 0) is 114 Å². The molecule has 4 heterocycles. The highest BCUT2D eigenvalue weighted by Gasteiger charge is 2.32. The van der Waals surface area contributed by atoms with Gasteiger partial charge in [-0.2, -0.15) is 8.61 Å². The fourth-order valence-corrected chi connectivity index (χ4v) is 14.9. The smallest absolute Gasteiger partial charge is 0.252 e. The van der Waals surface area contributed by atoms with Crippen LogP contribution in [0.25, 0.3) is 10.8 Å². The van der Waals surface area contributed by atoms with E-state index in [1.165, 1.54) is 44.6 Å². The van der Waals surface area contributed by atoms with Crippen LogP contribution < -0.4 is 30.7 Å². The highest BCUT2D eigenvalue weighted by molar-refractivity contribution is 7.91. The number of nitrogens with zero attached hydrogens (tertiary/aromatic N) is 2. The maximum absolute atomic E-state index is 13.3. The van der Waals surface area contributed by atoms with Crippen LogP contribution in [-0.4, -0.2) is 96.3 Å². The third kappa shape index (κ3) is 14.0. The predicted octanol–water partition coefficient (Wildman–Crippen LogP) is 9.02. The van der Waals surface area contributed by atoms with E-state index in [4.69, 9.17) is 9.47 Å². The van der Waals surface area contributed by atoms with Gasteiger partial charge in [0.15, 0.2) is 0 Å². The number of fused-ring (bicyclic) bond motifs is 1. The Morgan fingerprint density at radius 1 is 0.568 bits per heavy atom. The number of sulfonamides is 2. The van der Waals surface area contributed by atoms with E-state index in [1.807, 2.05) is 12.1 Å². The molecule has 0 saturated carbocycles. The van der Waals surface area contributed by atoms with Gasteiger partial charge in [0.25, 0.3) is 31.9 Å². The maximum Gasteiger partial charge on any atom is 0.252 e. The van der Waals surface area contributed by atoms with E-state index in [1.54, 1.807) is 95.6 Å². The Kier molecular flexibility index (Phi) is 18.7. The largest absolute Gasteiger partial charge is 0.497 e. The van der Waals surface area contributed by atoms with Crippen LogP contribution in [0, 0.1) is 0 Å². The van der Waals surface area contributed by atoms with E-state index in [0.717, 1.165) is 48.5 Å². The summed E-state index contributed by atoms with van der Waals surface area (Å²) in [6, 6.07) is 46.3. The van der Waals surface area contributed by atoms with Crippen LogP contribution in [0.15, 0.2) is 154 Å². The first kappa shape index (κ1) is 54.3. The van der Waals surface area contributed by atoms with Crippen molar-refractivity contribution < 1.29 is 35.9 Å². The molecule has 0 bridgehead atoms. The number of carbonyl (C=O) groups is 2. The van der Waals surface area contributed by atoms with E-state index < -0.39 is 20.0 Å². The molecule has 1 unspecified atom stereocenters. The third-order valence-corrected chi connectivity index (χ3v) is 20.3. The van der Waals surface area contributed by atoms with Gasteiger partial charge in [0.05, 0.1) is 27.3 Å². The number of piperidine rings is 2. The molecule has 390 valence electrons. The molecule has 0 aliphatic carbocycles. The average Bonchev–Trinajstić information content (AvgIpc) is 4.15. The molecule has 1 atom stereocenters. The van der Waals surface area contributed by atoms with E-state index in [0.29, 0.717) is 69.2 Å². The summed E-state index contributed by atoms with van der Waals surface area (Å²) in [6.45, 7) is 6.32. The van der Waals surface area contributed by atoms with Crippen LogP contribution in [0.1, 0.15) is 80.1 Å². The van der Waals surface area contributed by atoms with E-state index >= 15 is 0 Å². The molecule has 9 rings (SSSR count). The molecule has 2 amide bonds. The number of ether oxygens (including phenoxy) is 2. The molecular weight excluding hydrogens is 1010 g/mol. The van der Waals surface area contributed by atoms with Gasteiger partial charge < -0.3 is 30.7 Å². The topological polar surface area (TPSA) is 175 Å². The molecule has 2 saturated heterocycles. The fraction of sp³-hybridized carbons (Fsp3) is 0.321. The average molecular weight is 1080 g/mol. The van der Waals surface area contributed by atoms with Crippen LogP contribution in [-0.2, 0) is 39.7 Å². The van der Waals surface area contributed by atoms with Gasteiger partial charge in [0, 0.05) is 72.2 Å². The molecule has 5 aromatic carbocycles. The minimum Gasteiger partial charge on any atom is -0.497 e. The lowest BCUT2D eigenvalue weighted by Gasteiger charge is -2.32. The Bertz CT molecular complexity index is 3200. The third-order valence-electron chi connectivity index (χ3n) is 13.4. The molecular formula is C56H64N6O8S4. The van der Waals surface area contributed by atoms with Crippen LogP contribution in [0.2, 0.25) is 0 Å². The van der Waals surface area contributed by atoms with Gasteiger partial charge in [-0.3, -0.25) is 9.59 Å². The number of thiophene rings is 2. The zero-order chi connectivity index (χ0) is 52.1. The van der Waals surface area contributed by atoms with Crippen LogP contribution in [0.5, 0.6) is 11.5 Å². The van der Waals surface area contributed by atoms with Gasteiger partial charge in [-0.1, -0.05) is 91.9 Å². The van der Waals surface area contributed by atoms with Crippen molar-refractivity contribution in [1.82, 2.24) is 29.9 Å². The van der Waals surface area contributed by atoms with Crippen molar-refractivity contribution in [2.45, 2.75) is 78.7 Å². The SMILES string of the molecule is COc1cccc(C(=O)NCc2ccc(S(=O)(=O)N3CCC(NCC(C)c4ccccc4)CC3)s2)c1.COc1cccc(C(=O)NCc2ccc(S(=O)(=O)N3CCC(NCc4cccc5ccccc45)CC3)s2)c1. The summed E-state index contributed by atoms with van der Waals surface area (Å²) in [4.78, 5) is 26.5. The summed E-state index contributed by atoms with van der Waals surface area (Å²) in [5.74, 6) is 1.15. The summed E-state index contributed by atoms with van der Waals surface area (Å²) < 4.78 is 67.1. The molecule has 0 spiro atoms. The minimum absolute atomic E-state index is 0.233. The molecule has 2 aromatic heterocycles. The van der Waals surface area contributed by atoms with Crippen molar-refractivity contribution in [3.63, 3.8) is 0 Å². The van der Waals surface area contributed by atoms with Gasteiger partial charge in [0.2, 0.25) is 0 Å². The predicted molar refractivity (Wildman–Crippen MR) is 294 cm³/mol. The van der Waals surface area contributed by atoms with Crippen molar-refractivity contribution >= 4 is 65.3 Å². The number of hydrogen-bond acceptors (Lipinski definition) is 12. The fourth-order valence-electron chi connectivity index (χ4n) is 9.05. The lowest BCUT2D eigenvalue weighted by Crippen LogP contribution is -2.45. The number of benzene rings is 5. The second-order valence-electron chi connectivity index (χ2n) is 18.4.